The van der Waals surface area contributed by atoms with Gasteiger partial charge < -0.3 is 40.3 Å². The van der Waals surface area contributed by atoms with Crippen LogP contribution in [0.4, 0.5) is 0 Å². The zero-order chi connectivity index (χ0) is 40.7. The standard InChI is InChI=1S/C41H75NO12S/c1-3-5-7-9-11-12-13-14-15-16-17-18-19-20-21-22-24-26-28-30-35(45)40(48)42-33(34(44)29-27-25-23-10-8-6-4-2)32-52-41-38(47)39(54-55(49,50)51)37(46)36(31-43)53-41/h8,10,17-18,27,29,33-39,41,43-47H,3-7,9,11-16,19-26,28,30-32H2,1-2H3,(H,42,48)(H,49,50,51)/b10-8+,18-17-,29-27+. The minimum atomic E-state index is -5.11. The Kier molecular flexibility index (Phi) is 30.1. The van der Waals surface area contributed by atoms with Crippen LogP contribution in [0.3, 0.4) is 0 Å². The van der Waals surface area contributed by atoms with Crippen LogP contribution in [-0.4, -0.2) is 107 Å². The summed E-state index contributed by atoms with van der Waals surface area (Å²) in [6.45, 7) is 3.05. The van der Waals surface area contributed by atoms with Gasteiger partial charge in [0.05, 0.1) is 25.4 Å². The zero-order valence-electron chi connectivity index (χ0n) is 33.6. The molecule has 1 amide bonds. The molecule has 322 valence electrons. The Morgan fingerprint density at radius 3 is 1.82 bits per heavy atom. The molecule has 1 aliphatic rings. The van der Waals surface area contributed by atoms with E-state index in [0.717, 1.165) is 64.2 Å². The van der Waals surface area contributed by atoms with Crippen LogP contribution in [0.5, 0.6) is 0 Å². The SMILES string of the molecule is CCC/C=C/CC/C=C/C(O)C(COC1OC(CO)C(O)C(OS(=O)(=O)O)C1O)NC(=O)C(O)CCCCCCCC/C=C\CCCCCCCCCCC. The molecule has 0 aromatic heterocycles. The lowest BCUT2D eigenvalue weighted by atomic mass is 9.99. The summed E-state index contributed by atoms with van der Waals surface area (Å²) in [5, 5.41) is 54.7. The Hall–Kier alpha value is -1.72. The van der Waals surface area contributed by atoms with E-state index >= 15 is 0 Å². The number of rotatable bonds is 34. The number of allylic oxidation sites excluding steroid dienone is 5. The number of hydrogen-bond donors (Lipinski definition) is 7. The molecule has 0 aromatic rings. The van der Waals surface area contributed by atoms with Crippen molar-refractivity contribution in [3.05, 3.63) is 36.5 Å². The van der Waals surface area contributed by atoms with Crippen LogP contribution < -0.4 is 5.32 Å². The molecule has 0 radical (unpaired) electrons. The van der Waals surface area contributed by atoms with Crippen molar-refractivity contribution in [2.45, 2.75) is 204 Å². The Bertz CT molecular complexity index is 1150. The lowest BCUT2D eigenvalue weighted by molar-refractivity contribution is -0.298. The largest absolute Gasteiger partial charge is 0.397 e. The molecule has 1 aliphatic heterocycles. The topological polar surface area (TPSA) is 212 Å². The van der Waals surface area contributed by atoms with E-state index in [1.165, 1.54) is 63.9 Å². The molecule has 1 saturated heterocycles. The summed E-state index contributed by atoms with van der Waals surface area (Å²) in [5.41, 5.74) is 0. The maximum atomic E-state index is 13.0. The zero-order valence-corrected chi connectivity index (χ0v) is 34.4. The van der Waals surface area contributed by atoms with Crippen molar-refractivity contribution in [3.63, 3.8) is 0 Å². The maximum Gasteiger partial charge on any atom is 0.397 e. The van der Waals surface area contributed by atoms with Crippen LogP contribution in [0.1, 0.15) is 155 Å². The number of aliphatic hydroxyl groups is 5. The van der Waals surface area contributed by atoms with Gasteiger partial charge in [0, 0.05) is 0 Å². The van der Waals surface area contributed by atoms with Crippen molar-refractivity contribution >= 4 is 16.3 Å². The van der Waals surface area contributed by atoms with Gasteiger partial charge in [-0.25, -0.2) is 4.18 Å². The molecule has 0 aromatic carbocycles. The number of nitrogens with one attached hydrogen (secondary N) is 1. The van der Waals surface area contributed by atoms with E-state index in [1.807, 2.05) is 6.08 Å². The summed E-state index contributed by atoms with van der Waals surface area (Å²) in [5.74, 6) is -0.723. The fourth-order valence-electron chi connectivity index (χ4n) is 6.36. The van der Waals surface area contributed by atoms with Gasteiger partial charge in [-0.2, -0.15) is 8.42 Å². The summed E-state index contributed by atoms with van der Waals surface area (Å²) < 4.78 is 47.2. The fraction of sp³-hybridized carbons (Fsp3) is 0.829. The molecule has 0 saturated carbocycles. The van der Waals surface area contributed by atoms with Crippen LogP contribution in [0, 0.1) is 0 Å². The van der Waals surface area contributed by atoms with Crippen molar-refractivity contribution in [1.82, 2.24) is 5.32 Å². The van der Waals surface area contributed by atoms with Crippen LogP contribution in [-0.2, 0) is 28.9 Å². The van der Waals surface area contributed by atoms with Crippen LogP contribution in [0.15, 0.2) is 36.5 Å². The number of unbranched alkanes of at least 4 members (excludes halogenated alkanes) is 17. The second-order valence-corrected chi connectivity index (χ2v) is 15.8. The van der Waals surface area contributed by atoms with Gasteiger partial charge in [-0.3, -0.25) is 9.35 Å². The third kappa shape index (κ3) is 25.3. The van der Waals surface area contributed by atoms with Gasteiger partial charge in [0.25, 0.3) is 0 Å². The highest BCUT2D eigenvalue weighted by molar-refractivity contribution is 7.80. The second kappa shape index (κ2) is 32.3. The van der Waals surface area contributed by atoms with Crippen molar-refractivity contribution in [2.24, 2.45) is 0 Å². The molecule has 1 fully saturated rings. The summed E-state index contributed by atoms with van der Waals surface area (Å²) in [6, 6.07) is -1.13. The van der Waals surface area contributed by atoms with E-state index in [-0.39, 0.29) is 6.42 Å². The first-order valence-electron chi connectivity index (χ1n) is 21.0. The number of hydrogen-bond acceptors (Lipinski definition) is 11. The van der Waals surface area contributed by atoms with Gasteiger partial charge in [0.1, 0.15) is 30.5 Å². The molecule has 13 nitrogen and oxygen atoms in total. The molecule has 0 bridgehead atoms. The first-order chi connectivity index (χ1) is 26.4. The maximum absolute atomic E-state index is 13.0. The monoisotopic (exact) mass is 806 g/mol. The molecule has 8 unspecified atom stereocenters. The van der Waals surface area contributed by atoms with Gasteiger partial charge in [-0.1, -0.05) is 140 Å². The average molecular weight is 806 g/mol. The van der Waals surface area contributed by atoms with E-state index in [4.69, 9.17) is 14.0 Å². The predicted molar refractivity (Wildman–Crippen MR) is 214 cm³/mol. The number of carbonyl (C=O) groups excluding carboxylic acids is 1. The molecule has 7 N–H and O–H groups in total. The summed E-state index contributed by atoms with van der Waals surface area (Å²) in [4.78, 5) is 13.0. The molecule has 55 heavy (non-hydrogen) atoms. The number of ether oxygens (including phenoxy) is 2. The van der Waals surface area contributed by atoms with E-state index in [9.17, 15) is 38.7 Å². The summed E-state index contributed by atoms with van der Waals surface area (Å²) in [7, 11) is -5.11. The Morgan fingerprint density at radius 1 is 0.727 bits per heavy atom. The number of aliphatic hydroxyl groups excluding tert-OH is 5. The lowest BCUT2D eigenvalue weighted by Crippen LogP contribution is -2.61. The molecule has 1 heterocycles. The molecule has 8 atom stereocenters. The van der Waals surface area contributed by atoms with E-state index in [2.05, 4.69) is 41.6 Å². The normalized spacial score (nSPS) is 22.5. The van der Waals surface area contributed by atoms with Crippen molar-refractivity contribution in [2.75, 3.05) is 13.2 Å². The molecule has 14 heteroatoms. The Balaban J connectivity index is 2.52. The minimum Gasteiger partial charge on any atom is -0.394 e. The van der Waals surface area contributed by atoms with Gasteiger partial charge in [0.15, 0.2) is 6.29 Å². The van der Waals surface area contributed by atoms with Gasteiger partial charge in [-0.05, 0) is 51.4 Å². The summed E-state index contributed by atoms with van der Waals surface area (Å²) >= 11 is 0. The van der Waals surface area contributed by atoms with Gasteiger partial charge >= 0.3 is 10.4 Å². The first kappa shape index (κ1) is 51.3. The lowest BCUT2D eigenvalue weighted by Gasteiger charge is -2.41. The minimum absolute atomic E-state index is 0.228. The highest BCUT2D eigenvalue weighted by Gasteiger charge is 2.48. The average Bonchev–Trinajstić information content (AvgIpc) is 3.15. The Morgan fingerprint density at radius 2 is 1.25 bits per heavy atom. The van der Waals surface area contributed by atoms with Gasteiger partial charge in [0.2, 0.25) is 5.91 Å². The Labute approximate surface area is 331 Å². The third-order valence-corrected chi connectivity index (χ3v) is 10.2. The van der Waals surface area contributed by atoms with E-state index < -0.39 is 78.5 Å². The van der Waals surface area contributed by atoms with E-state index in [0.29, 0.717) is 12.8 Å². The smallest absolute Gasteiger partial charge is 0.394 e. The molecular formula is C41H75NO12S. The van der Waals surface area contributed by atoms with Crippen LogP contribution in [0.2, 0.25) is 0 Å². The molecule has 1 rings (SSSR count). The quantitative estimate of drug-likeness (QED) is 0.0223. The van der Waals surface area contributed by atoms with Gasteiger partial charge in [-0.15, -0.1) is 0 Å². The second-order valence-electron chi connectivity index (χ2n) is 14.7. The first-order valence-corrected chi connectivity index (χ1v) is 22.3. The van der Waals surface area contributed by atoms with E-state index in [1.54, 1.807) is 6.08 Å². The van der Waals surface area contributed by atoms with Crippen molar-refractivity contribution in [3.8, 4) is 0 Å². The van der Waals surface area contributed by atoms with Crippen molar-refractivity contribution < 1.29 is 57.0 Å². The number of carbonyl (C=O) groups is 1. The number of amides is 1. The van der Waals surface area contributed by atoms with Crippen LogP contribution in [0.25, 0.3) is 0 Å². The fourth-order valence-corrected chi connectivity index (χ4v) is 6.87. The van der Waals surface area contributed by atoms with Crippen LogP contribution >= 0.6 is 0 Å². The molecule has 0 aliphatic carbocycles. The summed E-state index contributed by atoms with van der Waals surface area (Å²) in [6.07, 6.45) is 24.3. The van der Waals surface area contributed by atoms with Crippen molar-refractivity contribution in [1.29, 1.82) is 0 Å². The molecular weight excluding hydrogens is 731 g/mol. The predicted octanol–water partition coefficient (Wildman–Crippen LogP) is 6.13. The third-order valence-electron chi connectivity index (χ3n) is 9.73. The highest BCUT2D eigenvalue weighted by atomic mass is 32.3. The highest BCUT2D eigenvalue weighted by Crippen LogP contribution is 2.26. The molecule has 0 spiro atoms.